The second-order valence-electron chi connectivity index (χ2n) is 3.15. The third-order valence-electron chi connectivity index (χ3n) is 2.28. The van der Waals surface area contributed by atoms with E-state index >= 15 is 0 Å². The molecule has 1 aromatic rings. The van der Waals surface area contributed by atoms with E-state index in [4.69, 9.17) is 5.11 Å². The number of hydrogen-bond acceptors (Lipinski definition) is 2. The first kappa shape index (κ1) is 14.1. The van der Waals surface area contributed by atoms with Crippen LogP contribution in [0.25, 0.3) is 0 Å². The SMILES string of the molecule is Cl.Cl.O=C(O)Oc1ccc2c(c1)CCC2. The maximum Gasteiger partial charge on any atom is 0.511 e. The molecule has 0 aliphatic heterocycles. The smallest absolute Gasteiger partial charge is 0.449 e. The molecule has 1 aliphatic rings. The number of aryl methyl sites for hydroxylation is 2. The highest BCUT2D eigenvalue weighted by Crippen LogP contribution is 2.25. The molecule has 84 valence electrons. The predicted molar refractivity (Wildman–Crippen MR) is 61.6 cm³/mol. The van der Waals surface area contributed by atoms with Crippen LogP contribution in [0.2, 0.25) is 0 Å². The van der Waals surface area contributed by atoms with Crippen molar-refractivity contribution in [2.24, 2.45) is 0 Å². The lowest BCUT2D eigenvalue weighted by Gasteiger charge is -2.02. The second-order valence-corrected chi connectivity index (χ2v) is 3.15. The Bertz CT molecular complexity index is 353. The standard InChI is InChI=1S/C10H10O3.2ClH/c11-10(12)13-9-5-4-7-2-1-3-8(7)6-9;;/h4-6H,1-3H2,(H,11,12);2*1H. The lowest BCUT2D eigenvalue weighted by Crippen LogP contribution is -2.03. The third-order valence-corrected chi connectivity index (χ3v) is 2.28. The van der Waals surface area contributed by atoms with E-state index in [1.54, 1.807) is 6.07 Å². The van der Waals surface area contributed by atoms with Gasteiger partial charge in [-0.1, -0.05) is 6.07 Å². The van der Waals surface area contributed by atoms with Gasteiger partial charge >= 0.3 is 6.16 Å². The van der Waals surface area contributed by atoms with Gasteiger partial charge in [0.1, 0.15) is 5.75 Å². The van der Waals surface area contributed by atoms with Crippen LogP contribution in [0.5, 0.6) is 5.75 Å². The lowest BCUT2D eigenvalue weighted by atomic mass is 10.1. The fraction of sp³-hybridized carbons (Fsp3) is 0.300. The van der Waals surface area contributed by atoms with Gasteiger partial charge in [0.25, 0.3) is 0 Å². The number of rotatable bonds is 1. The first-order chi connectivity index (χ1) is 6.25. The predicted octanol–water partition coefficient (Wildman–Crippen LogP) is 3.08. The zero-order valence-electron chi connectivity index (χ0n) is 7.93. The summed E-state index contributed by atoms with van der Waals surface area (Å²) in [5, 5.41) is 8.39. The Hall–Kier alpha value is -0.930. The van der Waals surface area contributed by atoms with E-state index in [2.05, 4.69) is 4.74 Å². The Morgan fingerprint density at radius 2 is 1.87 bits per heavy atom. The van der Waals surface area contributed by atoms with Crippen molar-refractivity contribution >= 4 is 31.0 Å². The molecule has 15 heavy (non-hydrogen) atoms. The molecule has 5 heteroatoms. The zero-order chi connectivity index (χ0) is 9.26. The average Bonchev–Trinajstić information content (AvgIpc) is 2.49. The third kappa shape index (κ3) is 3.29. The summed E-state index contributed by atoms with van der Waals surface area (Å²) in [7, 11) is 0. The van der Waals surface area contributed by atoms with Crippen LogP contribution < -0.4 is 4.74 Å². The zero-order valence-corrected chi connectivity index (χ0v) is 9.57. The fourth-order valence-corrected chi connectivity index (χ4v) is 1.71. The largest absolute Gasteiger partial charge is 0.511 e. The average molecular weight is 251 g/mol. The van der Waals surface area contributed by atoms with Crippen molar-refractivity contribution in [3.8, 4) is 5.75 Å². The first-order valence-electron chi connectivity index (χ1n) is 4.28. The molecule has 0 spiro atoms. The number of benzene rings is 1. The molecule has 0 unspecified atom stereocenters. The molecule has 0 amide bonds. The van der Waals surface area contributed by atoms with Crippen LogP contribution in [-0.2, 0) is 12.8 Å². The van der Waals surface area contributed by atoms with Gasteiger partial charge in [-0.05, 0) is 42.5 Å². The number of fused-ring (bicyclic) bond motifs is 1. The van der Waals surface area contributed by atoms with Gasteiger partial charge < -0.3 is 9.84 Å². The second kappa shape index (κ2) is 5.83. The molecular formula is C10H12Cl2O3. The molecule has 1 aliphatic carbocycles. The monoisotopic (exact) mass is 250 g/mol. The summed E-state index contributed by atoms with van der Waals surface area (Å²) >= 11 is 0. The van der Waals surface area contributed by atoms with Crippen molar-refractivity contribution in [3.05, 3.63) is 29.3 Å². The van der Waals surface area contributed by atoms with Crippen LogP contribution in [-0.4, -0.2) is 11.3 Å². The van der Waals surface area contributed by atoms with Crippen molar-refractivity contribution < 1.29 is 14.6 Å². The van der Waals surface area contributed by atoms with Crippen molar-refractivity contribution in [1.82, 2.24) is 0 Å². The van der Waals surface area contributed by atoms with E-state index in [0.29, 0.717) is 5.75 Å². The van der Waals surface area contributed by atoms with Gasteiger partial charge in [-0.25, -0.2) is 4.79 Å². The topological polar surface area (TPSA) is 46.5 Å². The van der Waals surface area contributed by atoms with Gasteiger partial charge in [-0.3, -0.25) is 0 Å². The summed E-state index contributed by atoms with van der Waals surface area (Å²) in [6.45, 7) is 0. The Balaban J connectivity index is 0.000000980. The summed E-state index contributed by atoms with van der Waals surface area (Å²) in [5.41, 5.74) is 2.54. The number of carbonyl (C=O) groups is 1. The highest BCUT2D eigenvalue weighted by atomic mass is 35.5. The Morgan fingerprint density at radius 3 is 2.53 bits per heavy atom. The Morgan fingerprint density at radius 1 is 1.20 bits per heavy atom. The molecule has 0 aromatic heterocycles. The summed E-state index contributed by atoms with van der Waals surface area (Å²) < 4.78 is 4.56. The molecule has 0 heterocycles. The normalized spacial score (nSPS) is 12.0. The van der Waals surface area contributed by atoms with E-state index < -0.39 is 6.16 Å². The van der Waals surface area contributed by atoms with Crippen molar-refractivity contribution in [3.63, 3.8) is 0 Å². The Kier molecular flexibility index (Phi) is 5.47. The van der Waals surface area contributed by atoms with Crippen LogP contribution in [0, 0.1) is 0 Å². The quantitative estimate of drug-likeness (QED) is 0.616. The highest BCUT2D eigenvalue weighted by molar-refractivity contribution is 5.85. The minimum atomic E-state index is -1.25. The summed E-state index contributed by atoms with van der Waals surface area (Å²) in [4.78, 5) is 10.2. The Labute approximate surface area is 100 Å². The van der Waals surface area contributed by atoms with Crippen molar-refractivity contribution in [2.45, 2.75) is 19.3 Å². The van der Waals surface area contributed by atoms with Gasteiger partial charge in [0, 0.05) is 0 Å². The molecule has 0 saturated heterocycles. The molecule has 0 fully saturated rings. The van der Waals surface area contributed by atoms with E-state index in [0.717, 1.165) is 19.3 Å². The lowest BCUT2D eigenvalue weighted by molar-refractivity contribution is 0.144. The molecule has 0 saturated carbocycles. The molecule has 2 rings (SSSR count). The van der Waals surface area contributed by atoms with Crippen LogP contribution in [0.15, 0.2) is 18.2 Å². The number of ether oxygens (including phenoxy) is 1. The van der Waals surface area contributed by atoms with Crippen LogP contribution in [0.3, 0.4) is 0 Å². The van der Waals surface area contributed by atoms with Gasteiger partial charge in [-0.2, -0.15) is 0 Å². The minimum Gasteiger partial charge on any atom is -0.449 e. The molecule has 1 aromatic carbocycles. The van der Waals surface area contributed by atoms with Gasteiger partial charge in [0.15, 0.2) is 0 Å². The van der Waals surface area contributed by atoms with Gasteiger partial charge in [-0.15, -0.1) is 24.8 Å². The molecule has 0 atom stereocenters. The minimum absolute atomic E-state index is 0. The van der Waals surface area contributed by atoms with Gasteiger partial charge in [0.05, 0.1) is 0 Å². The molecule has 0 bridgehead atoms. The van der Waals surface area contributed by atoms with Crippen molar-refractivity contribution in [1.29, 1.82) is 0 Å². The molecular weight excluding hydrogens is 239 g/mol. The maximum atomic E-state index is 10.2. The fourth-order valence-electron chi connectivity index (χ4n) is 1.71. The van der Waals surface area contributed by atoms with E-state index in [1.165, 1.54) is 11.1 Å². The van der Waals surface area contributed by atoms with E-state index in [1.807, 2.05) is 12.1 Å². The van der Waals surface area contributed by atoms with Crippen molar-refractivity contribution in [2.75, 3.05) is 0 Å². The van der Waals surface area contributed by atoms with E-state index in [-0.39, 0.29) is 24.8 Å². The summed E-state index contributed by atoms with van der Waals surface area (Å²) in [6.07, 6.45) is 2.04. The van der Waals surface area contributed by atoms with Crippen LogP contribution >= 0.6 is 24.8 Å². The first-order valence-corrected chi connectivity index (χ1v) is 4.28. The molecule has 3 nitrogen and oxygen atoms in total. The molecule has 0 radical (unpaired) electrons. The number of hydrogen-bond donors (Lipinski definition) is 1. The van der Waals surface area contributed by atoms with Gasteiger partial charge in [0.2, 0.25) is 0 Å². The van der Waals surface area contributed by atoms with Crippen LogP contribution in [0.1, 0.15) is 17.5 Å². The summed E-state index contributed by atoms with van der Waals surface area (Å²) in [6, 6.07) is 5.47. The maximum absolute atomic E-state index is 10.2. The molecule has 1 N–H and O–H groups in total. The summed E-state index contributed by atoms with van der Waals surface area (Å²) in [5.74, 6) is 0.424. The number of halogens is 2. The number of carboxylic acid groups (broad SMARTS) is 1. The van der Waals surface area contributed by atoms with E-state index in [9.17, 15) is 4.79 Å². The highest BCUT2D eigenvalue weighted by Gasteiger charge is 2.11. The van der Waals surface area contributed by atoms with Crippen LogP contribution in [0.4, 0.5) is 4.79 Å².